The second-order valence-corrected chi connectivity index (χ2v) is 5.35. The molecule has 1 aromatic carbocycles. The monoisotopic (exact) mass is 305 g/mol. The van der Waals surface area contributed by atoms with Crippen LogP contribution in [0.3, 0.4) is 0 Å². The van der Waals surface area contributed by atoms with Crippen LogP contribution in [0, 0.1) is 0 Å². The number of rotatable bonds is 6. The summed E-state index contributed by atoms with van der Waals surface area (Å²) in [5.41, 5.74) is -0.200. The fraction of sp³-hybridized carbons (Fsp3) is 0.600. The molecule has 0 aromatic heterocycles. The molecule has 0 aliphatic heterocycles. The van der Waals surface area contributed by atoms with Gasteiger partial charge < -0.3 is 9.84 Å². The van der Waals surface area contributed by atoms with Gasteiger partial charge in [-0.15, -0.1) is 13.2 Å². The van der Waals surface area contributed by atoms with E-state index in [9.17, 15) is 18.3 Å². The molecule has 1 unspecified atom stereocenters. The second-order valence-electron chi connectivity index (χ2n) is 5.35. The van der Waals surface area contributed by atoms with Gasteiger partial charge in [0, 0.05) is 5.54 Å². The summed E-state index contributed by atoms with van der Waals surface area (Å²) in [6, 6.07) is 5.48. The SMILES string of the molecule is CCN(CC)C(C)(C)C(O)c1cccc(OC(F)(F)F)c1. The molecule has 0 spiro atoms. The van der Waals surface area contributed by atoms with Crippen molar-refractivity contribution in [3.63, 3.8) is 0 Å². The Kier molecular flexibility index (Phi) is 5.64. The van der Waals surface area contributed by atoms with Gasteiger partial charge in [0.15, 0.2) is 0 Å². The van der Waals surface area contributed by atoms with Gasteiger partial charge in [-0.05, 0) is 44.6 Å². The highest BCUT2D eigenvalue weighted by Crippen LogP contribution is 2.33. The first-order valence-electron chi connectivity index (χ1n) is 6.90. The fourth-order valence-electron chi connectivity index (χ4n) is 2.50. The zero-order valence-corrected chi connectivity index (χ0v) is 12.7. The van der Waals surface area contributed by atoms with Crippen molar-refractivity contribution < 1.29 is 23.0 Å². The normalized spacial score (nSPS) is 14.3. The quantitative estimate of drug-likeness (QED) is 0.869. The first kappa shape index (κ1) is 17.8. The van der Waals surface area contributed by atoms with Crippen molar-refractivity contribution in [1.29, 1.82) is 0 Å². The molecule has 1 N–H and O–H groups in total. The summed E-state index contributed by atoms with van der Waals surface area (Å²) in [7, 11) is 0. The fourth-order valence-corrected chi connectivity index (χ4v) is 2.50. The van der Waals surface area contributed by atoms with E-state index in [1.807, 2.05) is 27.7 Å². The van der Waals surface area contributed by atoms with E-state index in [0.29, 0.717) is 5.56 Å². The molecule has 1 atom stereocenters. The maximum atomic E-state index is 12.3. The summed E-state index contributed by atoms with van der Waals surface area (Å²) < 4.78 is 40.7. The standard InChI is InChI=1S/C15H22F3NO2/c1-5-19(6-2)14(3,4)13(20)11-8-7-9-12(10-11)21-15(16,17)18/h7-10,13,20H,5-6H2,1-4H3. The summed E-state index contributed by atoms with van der Waals surface area (Å²) in [6.45, 7) is 9.14. The van der Waals surface area contributed by atoms with Gasteiger partial charge in [0.25, 0.3) is 0 Å². The van der Waals surface area contributed by atoms with Gasteiger partial charge in [0.05, 0.1) is 6.10 Å². The maximum absolute atomic E-state index is 12.3. The predicted octanol–water partition coefficient (Wildman–Crippen LogP) is 3.74. The van der Waals surface area contributed by atoms with Crippen LogP contribution in [0.4, 0.5) is 13.2 Å². The van der Waals surface area contributed by atoms with E-state index in [2.05, 4.69) is 9.64 Å². The first-order chi connectivity index (χ1) is 9.61. The molecular formula is C15H22F3NO2. The van der Waals surface area contributed by atoms with Crippen molar-refractivity contribution in [2.24, 2.45) is 0 Å². The van der Waals surface area contributed by atoms with E-state index >= 15 is 0 Å². The van der Waals surface area contributed by atoms with Crippen molar-refractivity contribution in [2.45, 2.75) is 45.7 Å². The van der Waals surface area contributed by atoms with Crippen LogP contribution in [0.25, 0.3) is 0 Å². The summed E-state index contributed by atoms with van der Waals surface area (Å²) in [5, 5.41) is 10.5. The van der Waals surface area contributed by atoms with Crippen LogP contribution in [0.2, 0.25) is 0 Å². The minimum Gasteiger partial charge on any atom is -0.406 e. The molecule has 3 nitrogen and oxygen atoms in total. The Hall–Kier alpha value is -1.27. The number of aliphatic hydroxyl groups excluding tert-OH is 1. The Morgan fingerprint density at radius 2 is 1.76 bits per heavy atom. The van der Waals surface area contributed by atoms with Crippen molar-refractivity contribution in [1.82, 2.24) is 4.90 Å². The smallest absolute Gasteiger partial charge is 0.406 e. The van der Waals surface area contributed by atoms with E-state index in [4.69, 9.17) is 0 Å². The highest BCUT2D eigenvalue weighted by atomic mass is 19.4. The van der Waals surface area contributed by atoms with E-state index in [1.165, 1.54) is 18.2 Å². The van der Waals surface area contributed by atoms with Crippen LogP contribution in [0.15, 0.2) is 24.3 Å². The molecule has 1 aromatic rings. The van der Waals surface area contributed by atoms with E-state index < -0.39 is 18.0 Å². The lowest BCUT2D eigenvalue weighted by molar-refractivity contribution is -0.274. The lowest BCUT2D eigenvalue weighted by Crippen LogP contribution is -2.48. The zero-order chi connectivity index (χ0) is 16.3. The van der Waals surface area contributed by atoms with Crippen LogP contribution in [-0.2, 0) is 0 Å². The van der Waals surface area contributed by atoms with Gasteiger partial charge in [-0.3, -0.25) is 4.90 Å². The molecule has 0 radical (unpaired) electrons. The van der Waals surface area contributed by atoms with Crippen molar-refractivity contribution in [2.75, 3.05) is 13.1 Å². The van der Waals surface area contributed by atoms with Crippen LogP contribution in [0.5, 0.6) is 5.75 Å². The van der Waals surface area contributed by atoms with E-state index in [0.717, 1.165) is 13.1 Å². The van der Waals surface area contributed by atoms with Crippen molar-refractivity contribution in [3.8, 4) is 5.75 Å². The number of aliphatic hydroxyl groups is 1. The van der Waals surface area contributed by atoms with Gasteiger partial charge >= 0.3 is 6.36 Å². The van der Waals surface area contributed by atoms with Gasteiger partial charge in [-0.25, -0.2) is 0 Å². The number of benzene rings is 1. The van der Waals surface area contributed by atoms with Crippen LogP contribution in [0.1, 0.15) is 39.4 Å². The highest BCUT2D eigenvalue weighted by Gasteiger charge is 2.35. The minimum absolute atomic E-state index is 0.325. The van der Waals surface area contributed by atoms with Crippen molar-refractivity contribution >= 4 is 0 Å². The molecule has 0 saturated heterocycles. The summed E-state index contributed by atoms with van der Waals surface area (Å²) in [4.78, 5) is 2.05. The number of likely N-dealkylation sites (N-methyl/N-ethyl adjacent to an activating group) is 1. The van der Waals surface area contributed by atoms with Gasteiger partial charge in [-0.1, -0.05) is 26.0 Å². The number of nitrogens with zero attached hydrogens (tertiary/aromatic N) is 1. The van der Waals surface area contributed by atoms with E-state index in [1.54, 1.807) is 6.07 Å². The highest BCUT2D eigenvalue weighted by molar-refractivity contribution is 5.31. The van der Waals surface area contributed by atoms with Crippen LogP contribution < -0.4 is 4.74 Å². The summed E-state index contributed by atoms with van der Waals surface area (Å²) >= 11 is 0. The minimum atomic E-state index is -4.74. The molecule has 1 rings (SSSR count). The second kappa shape index (κ2) is 6.66. The van der Waals surface area contributed by atoms with Gasteiger partial charge in [-0.2, -0.15) is 0 Å². The van der Waals surface area contributed by atoms with Gasteiger partial charge in [0.2, 0.25) is 0 Å². The molecule has 6 heteroatoms. The topological polar surface area (TPSA) is 32.7 Å². The third-order valence-corrected chi connectivity index (χ3v) is 3.66. The Balaban J connectivity index is 3.02. The number of halogens is 3. The summed E-state index contributed by atoms with van der Waals surface area (Å²) in [5.74, 6) is -0.325. The zero-order valence-electron chi connectivity index (χ0n) is 12.7. The number of ether oxygens (including phenoxy) is 1. The Morgan fingerprint density at radius 1 is 1.19 bits per heavy atom. The predicted molar refractivity (Wildman–Crippen MR) is 75.1 cm³/mol. The molecule has 0 fully saturated rings. The molecule has 0 aliphatic rings. The van der Waals surface area contributed by atoms with Gasteiger partial charge in [0.1, 0.15) is 5.75 Å². The lowest BCUT2D eigenvalue weighted by atomic mass is 9.89. The Morgan fingerprint density at radius 3 is 2.24 bits per heavy atom. The number of hydrogen-bond acceptors (Lipinski definition) is 3. The third-order valence-electron chi connectivity index (χ3n) is 3.66. The Labute approximate surface area is 123 Å². The molecular weight excluding hydrogens is 283 g/mol. The molecule has 0 saturated carbocycles. The lowest BCUT2D eigenvalue weighted by Gasteiger charge is -2.41. The molecule has 0 heterocycles. The Bertz CT molecular complexity index is 456. The number of alkyl halides is 3. The molecule has 0 amide bonds. The molecule has 120 valence electrons. The van der Waals surface area contributed by atoms with Crippen LogP contribution >= 0.6 is 0 Å². The maximum Gasteiger partial charge on any atom is 0.573 e. The third kappa shape index (κ3) is 4.61. The van der Waals surface area contributed by atoms with E-state index in [-0.39, 0.29) is 5.75 Å². The van der Waals surface area contributed by atoms with Crippen LogP contribution in [-0.4, -0.2) is 35.0 Å². The average molecular weight is 305 g/mol. The first-order valence-corrected chi connectivity index (χ1v) is 6.90. The average Bonchev–Trinajstić information content (AvgIpc) is 2.37. The molecule has 21 heavy (non-hydrogen) atoms. The molecule has 0 aliphatic carbocycles. The molecule has 0 bridgehead atoms. The summed E-state index contributed by atoms with van der Waals surface area (Å²) in [6.07, 6.45) is -5.66. The van der Waals surface area contributed by atoms with Crippen molar-refractivity contribution in [3.05, 3.63) is 29.8 Å². The largest absolute Gasteiger partial charge is 0.573 e. The number of hydrogen-bond donors (Lipinski definition) is 1.